The second-order valence-corrected chi connectivity index (χ2v) is 5.57. The van der Waals surface area contributed by atoms with Crippen LogP contribution in [-0.4, -0.2) is 33.8 Å². The summed E-state index contributed by atoms with van der Waals surface area (Å²) in [5.74, 6) is 3.14. The third kappa shape index (κ3) is 6.24. The van der Waals surface area contributed by atoms with Crippen molar-refractivity contribution in [3.63, 3.8) is 0 Å². The van der Waals surface area contributed by atoms with Crippen LogP contribution in [0.2, 0.25) is 0 Å². The molecule has 0 fully saturated rings. The number of hydrogen-bond donors (Lipinski definition) is 2. The van der Waals surface area contributed by atoms with Gasteiger partial charge >= 0.3 is 0 Å². The SMILES string of the molecule is CN=C(NCCCC(C)C)NCc1ccc(OC)cc1OC. The van der Waals surface area contributed by atoms with E-state index in [1.807, 2.05) is 18.2 Å². The molecule has 2 N–H and O–H groups in total. The van der Waals surface area contributed by atoms with Crippen LogP contribution in [0.5, 0.6) is 11.5 Å². The van der Waals surface area contributed by atoms with Crippen LogP contribution in [0.15, 0.2) is 23.2 Å². The first-order valence-electron chi connectivity index (χ1n) is 7.76. The van der Waals surface area contributed by atoms with Crippen LogP contribution in [0.4, 0.5) is 0 Å². The van der Waals surface area contributed by atoms with Crippen LogP contribution in [-0.2, 0) is 6.54 Å². The number of rotatable bonds is 8. The van der Waals surface area contributed by atoms with Gasteiger partial charge in [-0.25, -0.2) is 0 Å². The second kappa shape index (κ2) is 9.92. The van der Waals surface area contributed by atoms with E-state index in [1.165, 1.54) is 6.42 Å². The number of nitrogens with zero attached hydrogens (tertiary/aromatic N) is 1. The van der Waals surface area contributed by atoms with E-state index in [0.29, 0.717) is 6.54 Å². The Kier molecular flexibility index (Phi) is 8.18. The van der Waals surface area contributed by atoms with Gasteiger partial charge < -0.3 is 20.1 Å². The molecular formula is C17H29N3O2. The molecule has 0 bridgehead atoms. The summed E-state index contributed by atoms with van der Waals surface area (Å²) in [6.07, 6.45) is 2.36. The molecule has 1 aromatic rings. The van der Waals surface area contributed by atoms with Crippen LogP contribution in [0.25, 0.3) is 0 Å². The van der Waals surface area contributed by atoms with Crippen molar-refractivity contribution in [2.45, 2.75) is 33.2 Å². The molecule has 0 amide bonds. The maximum absolute atomic E-state index is 5.40. The number of guanidine groups is 1. The van der Waals surface area contributed by atoms with Gasteiger partial charge in [-0.3, -0.25) is 4.99 Å². The highest BCUT2D eigenvalue weighted by molar-refractivity contribution is 5.79. The number of aliphatic imine (C=N–C) groups is 1. The van der Waals surface area contributed by atoms with Gasteiger partial charge in [-0.2, -0.15) is 0 Å². The van der Waals surface area contributed by atoms with E-state index in [9.17, 15) is 0 Å². The van der Waals surface area contributed by atoms with Crippen molar-refractivity contribution in [3.8, 4) is 11.5 Å². The maximum Gasteiger partial charge on any atom is 0.191 e. The van der Waals surface area contributed by atoms with E-state index in [2.05, 4.69) is 29.5 Å². The largest absolute Gasteiger partial charge is 0.497 e. The smallest absolute Gasteiger partial charge is 0.191 e. The van der Waals surface area contributed by atoms with E-state index < -0.39 is 0 Å². The molecule has 0 spiro atoms. The van der Waals surface area contributed by atoms with E-state index in [0.717, 1.165) is 41.9 Å². The Morgan fingerprint density at radius 3 is 2.55 bits per heavy atom. The Morgan fingerprint density at radius 2 is 1.95 bits per heavy atom. The van der Waals surface area contributed by atoms with Gasteiger partial charge in [-0.15, -0.1) is 0 Å². The van der Waals surface area contributed by atoms with Crippen LogP contribution < -0.4 is 20.1 Å². The highest BCUT2D eigenvalue weighted by Gasteiger charge is 2.06. The molecule has 124 valence electrons. The molecule has 22 heavy (non-hydrogen) atoms. The van der Waals surface area contributed by atoms with Crippen LogP contribution in [0, 0.1) is 5.92 Å². The first kappa shape index (κ1) is 18.1. The Morgan fingerprint density at radius 1 is 1.18 bits per heavy atom. The molecule has 0 aromatic heterocycles. The molecule has 0 heterocycles. The molecule has 5 nitrogen and oxygen atoms in total. The van der Waals surface area contributed by atoms with Gasteiger partial charge in [0.25, 0.3) is 0 Å². The fraction of sp³-hybridized carbons (Fsp3) is 0.588. The summed E-state index contributed by atoms with van der Waals surface area (Å²) < 4.78 is 10.6. The number of methoxy groups -OCH3 is 2. The van der Waals surface area contributed by atoms with Crippen LogP contribution >= 0.6 is 0 Å². The standard InChI is InChI=1S/C17H29N3O2/c1-13(2)7-6-10-19-17(18-3)20-12-14-8-9-15(21-4)11-16(14)22-5/h8-9,11,13H,6-7,10,12H2,1-5H3,(H2,18,19,20). The third-order valence-electron chi connectivity index (χ3n) is 3.41. The predicted molar refractivity (Wildman–Crippen MR) is 91.8 cm³/mol. The molecule has 0 aliphatic carbocycles. The fourth-order valence-electron chi connectivity index (χ4n) is 2.11. The zero-order valence-corrected chi connectivity index (χ0v) is 14.4. The lowest BCUT2D eigenvalue weighted by Gasteiger charge is -2.14. The van der Waals surface area contributed by atoms with Gasteiger partial charge in [0.15, 0.2) is 5.96 Å². The molecule has 5 heteroatoms. The molecule has 1 rings (SSSR count). The zero-order chi connectivity index (χ0) is 16.4. The van der Waals surface area contributed by atoms with Gasteiger partial charge in [0.1, 0.15) is 11.5 Å². The molecular weight excluding hydrogens is 278 g/mol. The highest BCUT2D eigenvalue weighted by atomic mass is 16.5. The van der Waals surface area contributed by atoms with Crippen molar-refractivity contribution in [3.05, 3.63) is 23.8 Å². The summed E-state index contributed by atoms with van der Waals surface area (Å²) in [4.78, 5) is 4.24. The minimum Gasteiger partial charge on any atom is -0.497 e. The number of ether oxygens (including phenoxy) is 2. The van der Waals surface area contributed by atoms with Gasteiger partial charge in [-0.05, 0) is 30.9 Å². The summed E-state index contributed by atoms with van der Waals surface area (Å²) in [6.45, 7) is 6.06. The highest BCUT2D eigenvalue weighted by Crippen LogP contribution is 2.24. The third-order valence-corrected chi connectivity index (χ3v) is 3.41. The number of nitrogens with one attached hydrogen (secondary N) is 2. The monoisotopic (exact) mass is 307 g/mol. The van der Waals surface area contributed by atoms with Crippen molar-refractivity contribution in [1.82, 2.24) is 10.6 Å². The van der Waals surface area contributed by atoms with E-state index >= 15 is 0 Å². The lowest BCUT2D eigenvalue weighted by molar-refractivity contribution is 0.390. The first-order valence-corrected chi connectivity index (χ1v) is 7.76. The predicted octanol–water partition coefficient (Wildman–Crippen LogP) is 2.81. The Labute approximate surface area is 134 Å². The lowest BCUT2D eigenvalue weighted by Crippen LogP contribution is -2.37. The minimum atomic E-state index is 0.650. The van der Waals surface area contributed by atoms with Crippen molar-refractivity contribution >= 4 is 5.96 Å². The van der Waals surface area contributed by atoms with Crippen molar-refractivity contribution in [2.75, 3.05) is 27.8 Å². The molecule has 0 aliphatic heterocycles. The van der Waals surface area contributed by atoms with Crippen molar-refractivity contribution < 1.29 is 9.47 Å². The van der Waals surface area contributed by atoms with Crippen LogP contribution in [0.3, 0.4) is 0 Å². The first-order chi connectivity index (χ1) is 10.6. The van der Waals surface area contributed by atoms with Crippen molar-refractivity contribution in [1.29, 1.82) is 0 Å². The van der Waals surface area contributed by atoms with Crippen LogP contribution in [0.1, 0.15) is 32.3 Å². The van der Waals surface area contributed by atoms with Gasteiger partial charge in [0.2, 0.25) is 0 Å². The summed E-state index contributed by atoms with van der Waals surface area (Å²) in [5, 5.41) is 6.63. The average molecular weight is 307 g/mol. The average Bonchev–Trinajstić information content (AvgIpc) is 2.53. The maximum atomic E-state index is 5.40. The minimum absolute atomic E-state index is 0.650. The Balaban J connectivity index is 2.49. The zero-order valence-electron chi connectivity index (χ0n) is 14.4. The number of benzene rings is 1. The second-order valence-electron chi connectivity index (χ2n) is 5.57. The fourth-order valence-corrected chi connectivity index (χ4v) is 2.11. The summed E-state index contributed by atoms with van der Waals surface area (Å²) in [7, 11) is 5.09. The van der Waals surface area contributed by atoms with Gasteiger partial charge in [0, 0.05) is 31.8 Å². The number of hydrogen-bond acceptors (Lipinski definition) is 3. The van der Waals surface area contributed by atoms with E-state index in [4.69, 9.17) is 9.47 Å². The summed E-state index contributed by atoms with van der Waals surface area (Å²) in [6, 6.07) is 5.81. The molecule has 0 saturated heterocycles. The molecule has 0 atom stereocenters. The van der Waals surface area contributed by atoms with E-state index in [1.54, 1.807) is 21.3 Å². The topological polar surface area (TPSA) is 54.9 Å². The molecule has 0 aliphatic rings. The summed E-state index contributed by atoms with van der Waals surface area (Å²) >= 11 is 0. The van der Waals surface area contributed by atoms with E-state index in [-0.39, 0.29) is 0 Å². The molecule has 0 unspecified atom stereocenters. The van der Waals surface area contributed by atoms with Gasteiger partial charge in [0.05, 0.1) is 14.2 Å². The van der Waals surface area contributed by atoms with Gasteiger partial charge in [-0.1, -0.05) is 13.8 Å². The Bertz CT molecular complexity index is 473. The molecule has 0 saturated carbocycles. The quantitative estimate of drug-likeness (QED) is 0.440. The normalized spacial score (nSPS) is 11.5. The lowest BCUT2D eigenvalue weighted by atomic mass is 10.1. The summed E-state index contributed by atoms with van der Waals surface area (Å²) in [5.41, 5.74) is 1.06. The molecule has 0 radical (unpaired) electrons. The van der Waals surface area contributed by atoms with Crippen molar-refractivity contribution in [2.24, 2.45) is 10.9 Å². The Hall–Kier alpha value is -1.91. The molecule has 1 aromatic carbocycles.